The molecule has 20 heteroatoms. The van der Waals surface area contributed by atoms with E-state index in [9.17, 15) is 47.9 Å². The van der Waals surface area contributed by atoms with E-state index in [2.05, 4.69) is 14.4 Å². The number of nitrogen functional groups attached to an aromatic ring is 1. The number of phenolic OH excluding ortho intramolecular Hbond substituents is 1. The summed E-state index contributed by atoms with van der Waals surface area (Å²) in [6.07, 6.45) is 0. The van der Waals surface area contributed by atoms with E-state index in [-0.39, 0.29) is 16.5 Å². The maximum atomic E-state index is 12.4. The molecule has 0 spiro atoms. The Kier molecular flexibility index (Phi) is 7.83. The van der Waals surface area contributed by atoms with E-state index in [4.69, 9.17) is 10.3 Å². The second-order valence-electron chi connectivity index (χ2n) is 7.36. The van der Waals surface area contributed by atoms with Gasteiger partial charge in [-0.05, 0) is 30.3 Å². The van der Waals surface area contributed by atoms with Gasteiger partial charge in [-0.2, -0.15) is 25.3 Å². The first-order chi connectivity index (χ1) is 17.3. The van der Waals surface area contributed by atoms with Gasteiger partial charge in [0.1, 0.15) is 26.9 Å². The van der Waals surface area contributed by atoms with Crippen LogP contribution < -0.4 is 5.73 Å². The van der Waals surface area contributed by atoms with Crippen molar-refractivity contribution in [2.45, 2.75) is 14.7 Å². The molecule has 3 aromatic carbocycles. The number of rotatable bonds is 9. The van der Waals surface area contributed by atoms with Crippen LogP contribution in [0.15, 0.2) is 67.4 Å². The van der Waals surface area contributed by atoms with Crippen molar-refractivity contribution in [3.63, 3.8) is 0 Å². The van der Waals surface area contributed by atoms with Crippen LogP contribution in [0.4, 0.5) is 17.1 Å². The maximum absolute atomic E-state index is 12.4. The monoisotopic (exact) mass is 611 g/mol. The van der Waals surface area contributed by atoms with Crippen molar-refractivity contribution in [2.24, 2.45) is 10.2 Å². The van der Waals surface area contributed by atoms with Gasteiger partial charge in [-0.25, -0.2) is 12.6 Å². The van der Waals surface area contributed by atoms with Crippen molar-refractivity contribution in [2.75, 3.05) is 18.1 Å². The predicted octanol–water partition coefficient (Wildman–Crippen LogP) is 1.63. The molecule has 0 saturated heterocycles. The molecule has 0 saturated carbocycles. The Labute approximate surface area is 215 Å². The lowest BCUT2D eigenvalue weighted by Gasteiger charge is -2.11. The summed E-state index contributed by atoms with van der Waals surface area (Å²) in [6, 6.07) is 6.63. The summed E-state index contributed by atoms with van der Waals surface area (Å²) in [7, 11) is -19.4. The third-order valence-electron chi connectivity index (χ3n) is 4.82. The molecule has 3 aromatic rings. The summed E-state index contributed by atoms with van der Waals surface area (Å²) in [5, 5.41) is 17.0. The molecular weight excluding hydrogens is 594 g/mol. The second kappa shape index (κ2) is 10.1. The average Bonchev–Trinajstić information content (AvgIpc) is 2.76. The van der Waals surface area contributed by atoms with Gasteiger partial charge in [-0.3, -0.25) is 13.7 Å². The summed E-state index contributed by atoms with van der Waals surface area (Å²) < 4.78 is 125. The molecule has 206 valence electrons. The number of sulfone groups is 1. The number of benzene rings is 3. The molecule has 0 aliphatic carbocycles. The molecule has 0 amide bonds. The topological polar surface area (TPSA) is 277 Å². The summed E-state index contributed by atoms with van der Waals surface area (Å²) in [6.45, 7) is -1.01. The number of nitrogens with zero attached hydrogens (tertiary/aromatic N) is 2. The molecule has 0 fully saturated rings. The van der Waals surface area contributed by atoms with Crippen molar-refractivity contribution >= 4 is 68.3 Å². The van der Waals surface area contributed by atoms with Gasteiger partial charge >= 0.3 is 10.4 Å². The fraction of sp³-hybridized carbons (Fsp3) is 0.111. The zero-order valence-corrected chi connectivity index (χ0v) is 21.8. The van der Waals surface area contributed by atoms with Gasteiger partial charge in [-0.15, -0.1) is 10.2 Å². The SMILES string of the molecule is Nc1c(/N=N/c2ccc(S(=O)(=O)CCOS(=O)(=O)O)cc2S(=O)(=O)O)cc(S(=O)(=O)O)c2cccc(O)c12. The highest BCUT2D eigenvalue weighted by Crippen LogP contribution is 2.41. The van der Waals surface area contributed by atoms with Crippen LogP contribution in [0.25, 0.3) is 10.8 Å². The van der Waals surface area contributed by atoms with Crippen LogP contribution in [0, 0.1) is 0 Å². The highest BCUT2D eigenvalue weighted by molar-refractivity contribution is 7.91. The van der Waals surface area contributed by atoms with Crippen molar-refractivity contribution in [3.05, 3.63) is 42.5 Å². The minimum atomic E-state index is -5.14. The van der Waals surface area contributed by atoms with Gasteiger partial charge in [-0.1, -0.05) is 12.1 Å². The Balaban J connectivity index is 2.13. The standard InChI is InChI=1S/C18H17N3O13S4/c19-18-13(9-15(36(25,26)27)11-2-1-3-14(22)17(11)18)21-20-12-5-4-10(8-16(12)37(28,29)30)35(23,24)7-6-34-38(31,32)33/h1-5,8-9,22H,6-7,19H2,(H,25,26,27)(H,28,29,30)(H,31,32,33)/b21-20+. The largest absolute Gasteiger partial charge is 0.507 e. The lowest BCUT2D eigenvalue weighted by atomic mass is 10.1. The van der Waals surface area contributed by atoms with Crippen LogP contribution in [0.2, 0.25) is 0 Å². The van der Waals surface area contributed by atoms with E-state index < -0.39 is 84.6 Å². The van der Waals surface area contributed by atoms with E-state index in [1.165, 1.54) is 18.2 Å². The van der Waals surface area contributed by atoms with E-state index >= 15 is 0 Å². The number of anilines is 1. The molecule has 0 aromatic heterocycles. The van der Waals surface area contributed by atoms with Crippen LogP contribution in [0.3, 0.4) is 0 Å². The van der Waals surface area contributed by atoms with Crippen molar-refractivity contribution in [1.82, 2.24) is 0 Å². The third kappa shape index (κ3) is 6.60. The lowest BCUT2D eigenvalue weighted by Crippen LogP contribution is -2.16. The Morgan fingerprint density at radius 3 is 1.97 bits per heavy atom. The van der Waals surface area contributed by atoms with Gasteiger partial charge in [0.25, 0.3) is 20.2 Å². The zero-order valence-electron chi connectivity index (χ0n) is 18.5. The Morgan fingerprint density at radius 1 is 0.789 bits per heavy atom. The van der Waals surface area contributed by atoms with Gasteiger partial charge in [0.2, 0.25) is 0 Å². The molecule has 6 N–H and O–H groups in total. The predicted molar refractivity (Wildman–Crippen MR) is 130 cm³/mol. The Bertz CT molecular complexity index is 1900. The van der Waals surface area contributed by atoms with Gasteiger partial charge in [0.05, 0.1) is 28.3 Å². The molecule has 0 bridgehead atoms. The molecule has 38 heavy (non-hydrogen) atoms. The second-order valence-corrected chi connectivity index (χ2v) is 13.3. The number of hydrogen-bond donors (Lipinski definition) is 5. The normalized spacial score (nSPS) is 13.3. The molecule has 0 aliphatic heterocycles. The fourth-order valence-electron chi connectivity index (χ4n) is 3.18. The average molecular weight is 612 g/mol. The first kappa shape index (κ1) is 29.3. The smallest absolute Gasteiger partial charge is 0.397 e. The van der Waals surface area contributed by atoms with Crippen LogP contribution in [-0.4, -0.2) is 64.8 Å². The zero-order chi connectivity index (χ0) is 28.7. The van der Waals surface area contributed by atoms with Crippen molar-refractivity contribution < 1.29 is 56.6 Å². The first-order valence-corrected chi connectivity index (χ1v) is 15.6. The van der Waals surface area contributed by atoms with E-state index in [1.807, 2.05) is 0 Å². The van der Waals surface area contributed by atoms with E-state index in [0.29, 0.717) is 6.07 Å². The number of nitrogens with two attached hydrogens (primary N) is 1. The molecule has 3 rings (SSSR count). The van der Waals surface area contributed by atoms with Crippen LogP contribution in [0.5, 0.6) is 5.75 Å². The van der Waals surface area contributed by atoms with Crippen LogP contribution in [0.1, 0.15) is 0 Å². The molecular formula is C18H17N3O13S4. The number of azo groups is 1. The molecule has 16 nitrogen and oxygen atoms in total. The molecule has 0 unspecified atom stereocenters. The van der Waals surface area contributed by atoms with Gasteiger partial charge < -0.3 is 10.8 Å². The van der Waals surface area contributed by atoms with E-state index in [1.54, 1.807) is 0 Å². The summed E-state index contributed by atoms with van der Waals surface area (Å²) in [5.74, 6) is -1.48. The number of phenols is 1. The molecule has 0 aliphatic rings. The van der Waals surface area contributed by atoms with Gasteiger partial charge in [0, 0.05) is 5.39 Å². The fourth-order valence-corrected chi connectivity index (χ4v) is 6.13. The highest BCUT2D eigenvalue weighted by Gasteiger charge is 2.24. The van der Waals surface area contributed by atoms with Crippen molar-refractivity contribution in [1.29, 1.82) is 0 Å². The third-order valence-corrected chi connectivity index (χ3v) is 8.73. The number of hydrogen-bond acceptors (Lipinski definition) is 13. The summed E-state index contributed by atoms with van der Waals surface area (Å²) in [4.78, 5) is -2.47. The van der Waals surface area contributed by atoms with Crippen LogP contribution in [-0.2, 0) is 44.7 Å². The van der Waals surface area contributed by atoms with E-state index in [0.717, 1.165) is 18.2 Å². The quantitative estimate of drug-likeness (QED) is 0.131. The van der Waals surface area contributed by atoms with Crippen LogP contribution >= 0.6 is 0 Å². The Hall–Kier alpha value is -3.24. The minimum Gasteiger partial charge on any atom is -0.507 e. The molecule has 0 radical (unpaired) electrons. The minimum absolute atomic E-state index is 0.157. The summed E-state index contributed by atoms with van der Waals surface area (Å²) in [5.41, 5.74) is 4.56. The summed E-state index contributed by atoms with van der Waals surface area (Å²) >= 11 is 0. The maximum Gasteiger partial charge on any atom is 0.397 e. The number of aromatic hydroxyl groups is 1. The van der Waals surface area contributed by atoms with Gasteiger partial charge in [0.15, 0.2) is 9.84 Å². The molecule has 0 heterocycles. The highest BCUT2D eigenvalue weighted by atomic mass is 32.3. The molecule has 0 atom stereocenters. The Morgan fingerprint density at radius 2 is 1.39 bits per heavy atom. The first-order valence-electron chi connectivity index (χ1n) is 9.71. The lowest BCUT2D eigenvalue weighted by molar-refractivity contribution is 0.284. The van der Waals surface area contributed by atoms with Crippen molar-refractivity contribution in [3.8, 4) is 5.75 Å². The number of fused-ring (bicyclic) bond motifs is 1.